The van der Waals surface area contributed by atoms with Gasteiger partial charge < -0.3 is 10.6 Å². The van der Waals surface area contributed by atoms with Crippen LogP contribution in [0.15, 0.2) is 12.7 Å². The quantitative estimate of drug-likeness (QED) is 0.665. The van der Waals surface area contributed by atoms with Gasteiger partial charge in [-0.15, -0.1) is 6.58 Å². The lowest BCUT2D eigenvalue weighted by Crippen LogP contribution is -2.42. The summed E-state index contributed by atoms with van der Waals surface area (Å²) in [6.07, 6.45) is 8.89. The van der Waals surface area contributed by atoms with Crippen LogP contribution in [0.3, 0.4) is 0 Å². The third kappa shape index (κ3) is 2.18. The van der Waals surface area contributed by atoms with Crippen molar-refractivity contribution in [1.82, 2.24) is 10.6 Å². The smallest absolute Gasteiger partial charge is 0.0135 e. The zero-order valence-corrected chi connectivity index (χ0v) is 8.97. The van der Waals surface area contributed by atoms with E-state index in [1.54, 1.807) is 0 Å². The highest BCUT2D eigenvalue weighted by Crippen LogP contribution is 2.31. The highest BCUT2D eigenvalue weighted by molar-refractivity contribution is 4.93. The molecule has 1 aliphatic heterocycles. The predicted molar refractivity (Wildman–Crippen MR) is 60.4 cm³/mol. The first-order valence-electron chi connectivity index (χ1n) is 5.99. The lowest BCUT2D eigenvalue weighted by atomic mass is 9.93. The van der Waals surface area contributed by atoms with Crippen LogP contribution >= 0.6 is 0 Å². The molecule has 0 amide bonds. The summed E-state index contributed by atoms with van der Waals surface area (Å²) in [6.45, 7) is 5.96. The Labute approximate surface area is 87.2 Å². The molecule has 2 rings (SSSR count). The summed E-state index contributed by atoms with van der Waals surface area (Å²) < 4.78 is 0. The monoisotopic (exact) mass is 194 g/mol. The number of rotatable bonds is 4. The van der Waals surface area contributed by atoms with Gasteiger partial charge in [-0.3, -0.25) is 0 Å². The summed E-state index contributed by atoms with van der Waals surface area (Å²) in [4.78, 5) is 0. The van der Waals surface area contributed by atoms with E-state index < -0.39 is 0 Å². The third-order valence-electron chi connectivity index (χ3n) is 3.71. The van der Waals surface area contributed by atoms with Crippen LogP contribution in [0.1, 0.15) is 32.1 Å². The molecule has 3 atom stereocenters. The van der Waals surface area contributed by atoms with Crippen LogP contribution < -0.4 is 10.6 Å². The normalized spacial score (nSPS) is 37.6. The molecule has 3 unspecified atom stereocenters. The fraction of sp³-hybridized carbons (Fsp3) is 0.833. The fourth-order valence-electron chi connectivity index (χ4n) is 3.04. The van der Waals surface area contributed by atoms with Crippen molar-refractivity contribution < 1.29 is 0 Å². The topological polar surface area (TPSA) is 24.1 Å². The van der Waals surface area contributed by atoms with E-state index in [-0.39, 0.29) is 0 Å². The van der Waals surface area contributed by atoms with Crippen molar-refractivity contribution in [3.05, 3.63) is 12.7 Å². The van der Waals surface area contributed by atoms with Gasteiger partial charge in [-0.2, -0.15) is 0 Å². The van der Waals surface area contributed by atoms with Crippen molar-refractivity contribution in [3.63, 3.8) is 0 Å². The van der Waals surface area contributed by atoms with E-state index in [4.69, 9.17) is 0 Å². The first kappa shape index (κ1) is 10.2. The van der Waals surface area contributed by atoms with Crippen molar-refractivity contribution in [2.75, 3.05) is 13.1 Å². The van der Waals surface area contributed by atoms with E-state index in [0.717, 1.165) is 24.5 Å². The molecule has 1 heterocycles. The summed E-state index contributed by atoms with van der Waals surface area (Å²) >= 11 is 0. The molecular formula is C12H22N2. The Hall–Kier alpha value is -0.340. The summed E-state index contributed by atoms with van der Waals surface area (Å²) in [5.41, 5.74) is 0. The lowest BCUT2D eigenvalue weighted by molar-refractivity contribution is 0.328. The Morgan fingerprint density at radius 1 is 1.29 bits per heavy atom. The predicted octanol–water partition coefficient (Wildman–Crippen LogP) is 1.68. The molecule has 0 aromatic rings. The maximum Gasteiger partial charge on any atom is 0.0135 e. The van der Waals surface area contributed by atoms with Crippen LogP contribution in [0.4, 0.5) is 0 Å². The summed E-state index contributed by atoms with van der Waals surface area (Å²) in [5, 5.41) is 7.24. The third-order valence-corrected chi connectivity index (χ3v) is 3.71. The van der Waals surface area contributed by atoms with Gasteiger partial charge in [0, 0.05) is 18.6 Å². The molecular weight excluding hydrogens is 172 g/mol. The van der Waals surface area contributed by atoms with E-state index >= 15 is 0 Å². The second kappa shape index (κ2) is 4.94. The van der Waals surface area contributed by atoms with Crippen molar-refractivity contribution in [2.24, 2.45) is 5.92 Å². The first-order valence-corrected chi connectivity index (χ1v) is 5.99. The summed E-state index contributed by atoms with van der Waals surface area (Å²) in [7, 11) is 0. The summed E-state index contributed by atoms with van der Waals surface area (Å²) in [5.74, 6) is 0.873. The van der Waals surface area contributed by atoms with Gasteiger partial charge in [-0.25, -0.2) is 0 Å². The Balaban J connectivity index is 1.85. The molecule has 1 saturated carbocycles. The molecule has 2 fully saturated rings. The average Bonchev–Trinajstić information content (AvgIpc) is 2.84. The molecule has 0 aromatic heterocycles. The minimum Gasteiger partial charge on any atom is -0.314 e. The number of hydrogen-bond donors (Lipinski definition) is 2. The van der Waals surface area contributed by atoms with Crippen LogP contribution in [-0.4, -0.2) is 25.2 Å². The van der Waals surface area contributed by atoms with Gasteiger partial charge >= 0.3 is 0 Å². The SMILES string of the molecule is C=CCNC1CCCC1C1CCCN1. The molecule has 14 heavy (non-hydrogen) atoms. The van der Waals surface area contributed by atoms with E-state index in [2.05, 4.69) is 17.2 Å². The molecule has 1 saturated heterocycles. The zero-order chi connectivity index (χ0) is 9.80. The van der Waals surface area contributed by atoms with Gasteiger partial charge in [-0.05, 0) is 38.1 Å². The second-order valence-corrected chi connectivity index (χ2v) is 4.60. The van der Waals surface area contributed by atoms with Gasteiger partial charge in [0.25, 0.3) is 0 Å². The van der Waals surface area contributed by atoms with Crippen LogP contribution in [-0.2, 0) is 0 Å². The molecule has 0 spiro atoms. The van der Waals surface area contributed by atoms with Crippen LogP contribution in [0.2, 0.25) is 0 Å². The van der Waals surface area contributed by atoms with Crippen molar-refractivity contribution >= 4 is 0 Å². The van der Waals surface area contributed by atoms with Crippen molar-refractivity contribution in [1.29, 1.82) is 0 Å². The molecule has 2 nitrogen and oxygen atoms in total. The number of nitrogens with one attached hydrogen (secondary N) is 2. The Kier molecular flexibility index (Phi) is 3.60. The summed E-state index contributed by atoms with van der Waals surface area (Å²) in [6, 6.07) is 1.53. The van der Waals surface area contributed by atoms with Gasteiger partial charge in [0.2, 0.25) is 0 Å². The minimum absolute atomic E-state index is 0.739. The molecule has 80 valence electrons. The molecule has 2 heteroatoms. The largest absolute Gasteiger partial charge is 0.314 e. The minimum atomic E-state index is 0.739. The lowest BCUT2D eigenvalue weighted by Gasteiger charge is -2.26. The van der Waals surface area contributed by atoms with E-state index in [1.807, 2.05) is 6.08 Å². The Morgan fingerprint density at radius 3 is 2.93 bits per heavy atom. The van der Waals surface area contributed by atoms with E-state index in [9.17, 15) is 0 Å². The van der Waals surface area contributed by atoms with Gasteiger partial charge in [-0.1, -0.05) is 12.5 Å². The number of hydrogen-bond acceptors (Lipinski definition) is 2. The molecule has 1 aliphatic carbocycles. The van der Waals surface area contributed by atoms with Crippen LogP contribution in [0.25, 0.3) is 0 Å². The highest BCUT2D eigenvalue weighted by Gasteiger charge is 2.34. The van der Waals surface area contributed by atoms with Crippen molar-refractivity contribution in [3.8, 4) is 0 Å². The van der Waals surface area contributed by atoms with Gasteiger partial charge in [0.1, 0.15) is 0 Å². The molecule has 2 aliphatic rings. The maximum atomic E-state index is 3.77. The van der Waals surface area contributed by atoms with Gasteiger partial charge in [0.05, 0.1) is 0 Å². The van der Waals surface area contributed by atoms with E-state index in [0.29, 0.717) is 0 Å². The Bertz CT molecular complexity index is 185. The molecule has 0 radical (unpaired) electrons. The molecule has 0 bridgehead atoms. The second-order valence-electron chi connectivity index (χ2n) is 4.60. The van der Waals surface area contributed by atoms with Crippen LogP contribution in [0.5, 0.6) is 0 Å². The fourth-order valence-corrected chi connectivity index (χ4v) is 3.04. The van der Waals surface area contributed by atoms with Crippen molar-refractivity contribution in [2.45, 2.75) is 44.2 Å². The Morgan fingerprint density at radius 2 is 2.21 bits per heavy atom. The zero-order valence-electron chi connectivity index (χ0n) is 8.97. The maximum absolute atomic E-state index is 3.77. The van der Waals surface area contributed by atoms with E-state index in [1.165, 1.54) is 38.6 Å². The average molecular weight is 194 g/mol. The van der Waals surface area contributed by atoms with Crippen LogP contribution in [0, 0.1) is 5.92 Å². The standard InChI is InChI=1S/C12H22N2/c1-2-8-13-11-6-3-5-10(11)12-7-4-9-14-12/h2,10-14H,1,3-9H2. The molecule has 0 aromatic carbocycles. The first-order chi connectivity index (χ1) is 6.92. The van der Waals surface area contributed by atoms with Gasteiger partial charge in [0.15, 0.2) is 0 Å². The molecule has 2 N–H and O–H groups in total. The highest BCUT2D eigenvalue weighted by atomic mass is 15.0.